The Hall–Kier alpha value is -1.21. The van der Waals surface area contributed by atoms with Crippen LogP contribution in [-0.4, -0.2) is 50.6 Å². The summed E-state index contributed by atoms with van der Waals surface area (Å²) >= 11 is 0. The van der Waals surface area contributed by atoms with Gasteiger partial charge in [0.1, 0.15) is 0 Å². The molecule has 0 atom stereocenters. The van der Waals surface area contributed by atoms with Crippen LogP contribution in [-0.2, 0) is 0 Å². The van der Waals surface area contributed by atoms with Crippen molar-refractivity contribution in [1.82, 2.24) is 15.5 Å². The highest BCUT2D eigenvalue weighted by molar-refractivity contribution is 5.79. The molecule has 1 fully saturated rings. The summed E-state index contributed by atoms with van der Waals surface area (Å²) < 4.78 is 0. The second-order valence-electron chi connectivity index (χ2n) is 4.48. The maximum atomic E-state index is 5.19. The van der Waals surface area contributed by atoms with Gasteiger partial charge in [-0.05, 0) is 19.9 Å². The van der Waals surface area contributed by atoms with Crippen molar-refractivity contribution >= 4 is 5.96 Å². The summed E-state index contributed by atoms with van der Waals surface area (Å²) in [5, 5.41) is 6.31. The van der Waals surface area contributed by atoms with Crippen LogP contribution in [0.15, 0.2) is 4.99 Å². The first-order chi connectivity index (χ1) is 8.27. The average Bonchev–Trinajstić information content (AvgIpc) is 2.87. The number of nitrogens with zero attached hydrogens (tertiary/aromatic N) is 2. The Morgan fingerprint density at radius 1 is 1.41 bits per heavy atom. The van der Waals surface area contributed by atoms with E-state index in [0.717, 1.165) is 25.1 Å². The van der Waals surface area contributed by atoms with E-state index in [1.807, 2.05) is 0 Å². The summed E-state index contributed by atoms with van der Waals surface area (Å²) in [5.74, 6) is 3.31. The quantitative estimate of drug-likeness (QED) is 0.418. The second-order valence-corrected chi connectivity index (χ2v) is 4.48. The van der Waals surface area contributed by atoms with Gasteiger partial charge in [0.15, 0.2) is 5.96 Å². The molecule has 0 amide bonds. The van der Waals surface area contributed by atoms with E-state index in [0.29, 0.717) is 6.54 Å². The molecule has 0 aromatic rings. The molecule has 0 aromatic heterocycles. The summed E-state index contributed by atoms with van der Waals surface area (Å²) in [7, 11) is 3.96. The van der Waals surface area contributed by atoms with Crippen LogP contribution in [0, 0.1) is 12.3 Å². The van der Waals surface area contributed by atoms with E-state index >= 15 is 0 Å². The fourth-order valence-electron chi connectivity index (χ4n) is 2.23. The number of likely N-dealkylation sites (N-methyl/N-ethyl adjacent to an activating group) is 1. The lowest BCUT2D eigenvalue weighted by atomic mass is 10.2. The Balaban J connectivity index is 2.15. The standard InChI is InChI=1S/C13H24N4/c1-4-9-15-13(14-2)16-10-11-17(3)12-7-5-6-8-12/h1,12H,5-11H2,2-3H3,(H2,14,15,16). The number of guanidine groups is 1. The number of aliphatic imine (C=N–C) groups is 1. The van der Waals surface area contributed by atoms with Gasteiger partial charge in [0, 0.05) is 26.2 Å². The molecule has 0 heterocycles. The van der Waals surface area contributed by atoms with Crippen molar-refractivity contribution in [1.29, 1.82) is 0 Å². The molecule has 2 N–H and O–H groups in total. The van der Waals surface area contributed by atoms with Gasteiger partial charge in [-0.3, -0.25) is 4.99 Å². The average molecular weight is 236 g/mol. The van der Waals surface area contributed by atoms with E-state index < -0.39 is 0 Å². The molecule has 1 aliphatic carbocycles. The zero-order chi connectivity index (χ0) is 12.5. The number of terminal acetylenes is 1. The first kappa shape index (κ1) is 13.9. The smallest absolute Gasteiger partial charge is 0.191 e. The first-order valence-corrected chi connectivity index (χ1v) is 6.36. The highest BCUT2D eigenvalue weighted by Crippen LogP contribution is 2.21. The van der Waals surface area contributed by atoms with E-state index in [1.165, 1.54) is 25.7 Å². The van der Waals surface area contributed by atoms with Gasteiger partial charge in [-0.25, -0.2) is 0 Å². The number of nitrogens with one attached hydrogen (secondary N) is 2. The molecule has 0 unspecified atom stereocenters. The van der Waals surface area contributed by atoms with Gasteiger partial charge < -0.3 is 15.5 Å². The van der Waals surface area contributed by atoms with Crippen molar-refractivity contribution in [3.8, 4) is 12.3 Å². The summed E-state index contributed by atoms with van der Waals surface area (Å²) in [6, 6.07) is 0.775. The van der Waals surface area contributed by atoms with Crippen LogP contribution in [0.3, 0.4) is 0 Å². The van der Waals surface area contributed by atoms with Crippen LogP contribution in [0.5, 0.6) is 0 Å². The molecule has 0 aliphatic heterocycles. The summed E-state index contributed by atoms with van der Waals surface area (Å²) in [6.07, 6.45) is 10.6. The molecule has 1 saturated carbocycles. The summed E-state index contributed by atoms with van der Waals surface area (Å²) in [6.45, 7) is 2.46. The Bertz CT molecular complexity index is 274. The topological polar surface area (TPSA) is 39.7 Å². The Kier molecular flexibility index (Phi) is 6.49. The van der Waals surface area contributed by atoms with Crippen LogP contribution in [0.25, 0.3) is 0 Å². The van der Waals surface area contributed by atoms with Crippen LogP contribution < -0.4 is 10.6 Å². The van der Waals surface area contributed by atoms with E-state index in [4.69, 9.17) is 6.42 Å². The van der Waals surface area contributed by atoms with Crippen molar-refractivity contribution in [2.45, 2.75) is 31.7 Å². The summed E-state index contributed by atoms with van der Waals surface area (Å²) in [4.78, 5) is 6.54. The van der Waals surface area contributed by atoms with Gasteiger partial charge in [0.25, 0.3) is 0 Å². The Morgan fingerprint density at radius 2 is 2.12 bits per heavy atom. The van der Waals surface area contributed by atoms with Crippen molar-refractivity contribution in [2.75, 3.05) is 33.7 Å². The van der Waals surface area contributed by atoms with Crippen molar-refractivity contribution in [2.24, 2.45) is 4.99 Å². The minimum atomic E-state index is 0.512. The van der Waals surface area contributed by atoms with Gasteiger partial charge >= 0.3 is 0 Å². The third-order valence-electron chi connectivity index (χ3n) is 3.29. The molecular formula is C13H24N4. The summed E-state index contributed by atoms with van der Waals surface area (Å²) in [5.41, 5.74) is 0. The van der Waals surface area contributed by atoms with Crippen LogP contribution in [0.4, 0.5) is 0 Å². The Labute approximate surface area is 105 Å². The van der Waals surface area contributed by atoms with Crippen LogP contribution in [0.2, 0.25) is 0 Å². The monoisotopic (exact) mass is 236 g/mol. The van der Waals surface area contributed by atoms with Gasteiger partial charge in [-0.1, -0.05) is 18.8 Å². The first-order valence-electron chi connectivity index (χ1n) is 6.36. The predicted octanol–water partition coefficient (Wildman–Crippen LogP) is 0.659. The minimum Gasteiger partial charge on any atom is -0.355 e. The van der Waals surface area contributed by atoms with Crippen molar-refractivity contribution < 1.29 is 0 Å². The van der Waals surface area contributed by atoms with Gasteiger partial charge in [-0.15, -0.1) is 6.42 Å². The molecule has 0 bridgehead atoms. The maximum Gasteiger partial charge on any atom is 0.191 e. The van der Waals surface area contributed by atoms with Gasteiger partial charge in [-0.2, -0.15) is 0 Å². The highest BCUT2D eigenvalue weighted by atomic mass is 15.2. The molecule has 0 saturated heterocycles. The van der Waals surface area contributed by atoms with E-state index in [2.05, 4.69) is 33.5 Å². The fraction of sp³-hybridized carbons (Fsp3) is 0.769. The molecule has 1 aliphatic rings. The Morgan fingerprint density at radius 3 is 2.71 bits per heavy atom. The van der Waals surface area contributed by atoms with Gasteiger partial charge in [0.2, 0.25) is 0 Å². The van der Waals surface area contributed by atoms with E-state index in [1.54, 1.807) is 7.05 Å². The lowest BCUT2D eigenvalue weighted by Crippen LogP contribution is -2.42. The van der Waals surface area contributed by atoms with Crippen LogP contribution >= 0.6 is 0 Å². The molecule has 17 heavy (non-hydrogen) atoms. The van der Waals surface area contributed by atoms with E-state index in [-0.39, 0.29) is 0 Å². The largest absolute Gasteiger partial charge is 0.355 e. The SMILES string of the molecule is C#CCNC(=NC)NCCN(C)C1CCCC1. The third-order valence-corrected chi connectivity index (χ3v) is 3.29. The third kappa shape index (κ3) is 5.10. The number of hydrogen-bond donors (Lipinski definition) is 2. The van der Waals surface area contributed by atoms with Crippen molar-refractivity contribution in [3.05, 3.63) is 0 Å². The lowest BCUT2D eigenvalue weighted by molar-refractivity contribution is 0.249. The number of rotatable bonds is 5. The lowest BCUT2D eigenvalue weighted by Gasteiger charge is -2.24. The molecular weight excluding hydrogens is 212 g/mol. The second kappa shape index (κ2) is 7.97. The molecule has 0 aromatic carbocycles. The van der Waals surface area contributed by atoms with Gasteiger partial charge in [0.05, 0.1) is 6.54 Å². The molecule has 0 radical (unpaired) electrons. The predicted molar refractivity (Wildman–Crippen MR) is 73.1 cm³/mol. The zero-order valence-corrected chi connectivity index (χ0v) is 11.0. The van der Waals surface area contributed by atoms with E-state index in [9.17, 15) is 0 Å². The maximum absolute atomic E-state index is 5.19. The highest BCUT2D eigenvalue weighted by Gasteiger charge is 2.18. The molecule has 4 heteroatoms. The molecule has 96 valence electrons. The fourth-order valence-corrected chi connectivity index (χ4v) is 2.23. The number of hydrogen-bond acceptors (Lipinski definition) is 2. The minimum absolute atomic E-state index is 0.512. The van der Waals surface area contributed by atoms with Crippen molar-refractivity contribution in [3.63, 3.8) is 0 Å². The van der Waals surface area contributed by atoms with Crippen LogP contribution in [0.1, 0.15) is 25.7 Å². The molecule has 0 spiro atoms. The molecule has 1 rings (SSSR count). The normalized spacial score (nSPS) is 17.2. The molecule has 4 nitrogen and oxygen atoms in total. The zero-order valence-electron chi connectivity index (χ0n) is 11.0.